The van der Waals surface area contributed by atoms with E-state index in [1.54, 1.807) is 7.11 Å². The number of nitrogens with one attached hydrogen (secondary N) is 2. The zero-order valence-electron chi connectivity index (χ0n) is 10.5. The molecule has 1 fully saturated rings. The maximum absolute atomic E-state index is 5.48. The van der Waals surface area contributed by atoms with Crippen molar-refractivity contribution in [3.05, 3.63) is 30.0 Å². The molecule has 96 valence electrons. The van der Waals surface area contributed by atoms with Gasteiger partial charge in [-0.15, -0.1) is 0 Å². The van der Waals surface area contributed by atoms with Gasteiger partial charge in [-0.25, -0.2) is 0 Å². The van der Waals surface area contributed by atoms with Crippen LogP contribution in [0.25, 0.3) is 10.9 Å². The van der Waals surface area contributed by atoms with E-state index in [0.29, 0.717) is 6.04 Å². The summed E-state index contributed by atoms with van der Waals surface area (Å²) < 4.78 is 10.8. The minimum atomic E-state index is 0.355. The first-order chi connectivity index (χ1) is 8.88. The minimum absolute atomic E-state index is 0.355. The third-order valence-electron chi connectivity index (χ3n) is 3.48. The fourth-order valence-electron chi connectivity index (χ4n) is 2.51. The highest BCUT2D eigenvalue weighted by atomic mass is 16.5. The normalized spacial score (nSPS) is 20.8. The molecule has 1 aliphatic rings. The molecule has 1 unspecified atom stereocenters. The predicted molar refractivity (Wildman–Crippen MR) is 71.0 cm³/mol. The number of aromatic nitrogens is 1. The Kier molecular flexibility index (Phi) is 3.21. The van der Waals surface area contributed by atoms with Gasteiger partial charge >= 0.3 is 0 Å². The van der Waals surface area contributed by atoms with Crippen molar-refractivity contribution < 1.29 is 9.47 Å². The first-order valence-electron chi connectivity index (χ1n) is 6.34. The third-order valence-corrected chi connectivity index (χ3v) is 3.48. The fraction of sp³-hybridized carbons (Fsp3) is 0.429. The van der Waals surface area contributed by atoms with Crippen LogP contribution in [-0.4, -0.2) is 31.9 Å². The van der Waals surface area contributed by atoms with Crippen molar-refractivity contribution in [2.24, 2.45) is 0 Å². The van der Waals surface area contributed by atoms with Crippen LogP contribution in [-0.2, 0) is 4.74 Å². The Labute approximate surface area is 106 Å². The van der Waals surface area contributed by atoms with Gasteiger partial charge in [-0.05, 0) is 30.2 Å². The second kappa shape index (κ2) is 5.00. The molecule has 2 aromatic rings. The number of rotatable bonds is 2. The van der Waals surface area contributed by atoms with Gasteiger partial charge in [0.1, 0.15) is 5.75 Å². The van der Waals surface area contributed by atoms with Crippen molar-refractivity contribution in [3.63, 3.8) is 0 Å². The molecule has 0 aliphatic carbocycles. The summed E-state index contributed by atoms with van der Waals surface area (Å²) >= 11 is 0. The molecule has 0 radical (unpaired) electrons. The molecular weight excluding hydrogens is 228 g/mol. The van der Waals surface area contributed by atoms with Gasteiger partial charge in [0.15, 0.2) is 0 Å². The van der Waals surface area contributed by atoms with Gasteiger partial charge in [0, 0.05) is 36.3 Å². The Morgan fingerprint density at radius 1 is 1.33 bits per heavy atom. The molecule has 1 aliphatic heterocycles. The van der Waals surface area contributed by atoms with Gasteiger partial charge in [-0.2, -0.15) is 0 Å². The van der Waals surface area contributed by atoms with Gasteiger partial charge in [0.25, 0.3) is 0 Å². The summed E-state index contributed by atoms with van der Waals surface area (Å²) in [5.41, 5.74) is 2.45. The smallest absolute Gasteiger partial charge is 0.119 e. The predicted octanol–water partition coefficient (Wildman–Crippen LogP) is 2.23. The molecule has 2 heterocycles. The van der Waals surface area contributed by atoms with Crippen LogP contribution < -0.4 is 10.1 Å². The molecule has 0 saturated carbocycles. The Hall–Kier alpha value is -1.52. The lowest BCUT2D eigenvalue weighted by atomic mass is 10.0. The largest absolute Gasteiger partial charge is 0.497 e. The zero-order valence-corrected chi connectivity index (χ0v) is 10.5. The van der Waals surface area contributed by atoms with E-state index >= 15 is 0 Å². The van der Waals surface area contributed by atoms with Crippen LogP contribution in [0.3, 0.4) is 0 Å². The first-order valence-corrected chi connectivity index (χ1v) is 6.34. The third kappa shape index (κ3) is 2.09. The van der Waals surface area contributed by atoms with E-state index in [0.717, 1.165) is 37.4 Å². The van der Waals surface area contributed by atoms with Crippen LogP contribution >= 0.6 is 0 Å². The van der Waals surface area contributed by atoms with Crippen LogP contribution in [0.1, 0.15) is 18.0 Å². The summed E-state index contributed by atoms with van der Waals surface area (Å²) in [5.74, 6) is 0.897. The monoisotopic (exact) mass is 246 g/mol. The molecule has 4 nitrogen and oxygen atoms in total. The van der Waals surface area contributed by atoms with E-state index < -0.39 is 0 Å². The van der Waals surface area contributed by atoms with Crippen molar-refractivity contribution >= 4 is 10.9 Å². The number of hydrogen-bond acceptors (Lipinski definition) is 3. The summed E-state index contributed by atoms with van der Waals surface area (Å²) in [6.07, 6.45) is 3.09. The molecule has 1 aromatic heterocycles. The average Bonchev–Trinajstić information content (AvgIpc) is 2.64. The maximum atomic E-state index is 5.48. The van der Waals surface area contributed by atoms with Crippen LogP contribution in [0.2, 0.25) is 0 Å². The lowest BCUT2D eigenvalue weighted by molar-refractivity contribution is 0.150. The van der Waals surface area contributed by atoms with E-state index in [4.69, 9.17) is 9.47 Å². The highest BCUT2D eigenvalue weighted by molar-refractivity contribution is 5.85. The van der Waals surface area contributed by atoms with E-state index in [2.05, 4.69) is 28.6 Å². The number of ether oxygens (including phenoxy) is 2. The van der Waals surface area contributed by atoms with Gasteiger partial charge in [0.2, 0.25) is 0 Å². The molecule has 2 N–H and O–H groups in total. The molecule has 3 rings (SSSR count). The zero-order chi connectivity index (χ0) is 12.4. The van der Waals surface area contributed by atoms with Crippen LogP contribution in [0.4, 0.5) is 0 Å². The Bertz CT molecular complexity index is 528. The number of hydrogen-bond donors (Lipinski definition) is 2. The molecule has 4 heteroatoms. The van der Waals surface area contributed by atoms with Gasteiger partial charge in [-0.1, -0.05) is 0 Å². The number of H-pyrrole nitrogens is 1. The summed E-state index contributed by atoms with van der Waals surface area (Å²) in [5, 5.41) is 4.76. The van der Waals surface area contributed by atoms with E-state index in [9.17, 15) is 0 Å². The Balaban J connectivity index is 1.99. The van der Waals surface area contributed by atoms with E-state index in [1.807, 2.05) is 6.07 Å². The molecule has 0 spiro atoms. The number of methoxy groups -OCH3 is 1. The number of fused-ring (bicyclic) bond motifs is 1. The van der Waals surface area contributed by atoms with Crippen molar-refractivity contribution in [2.45, 2.75) is 12.5 Å². The van der Waals surface area contributed by atoms with Crippen molar-refractivity contribution in [1.29, 1.82) is 0 Å². The Morgan fingerprint density at radius 2 is 2.28 bits per heavy atom. The van der Waals surface area contributed by atoms with Gasteiger partial charge in [0.05, 0.1) is 13.7 Å². The minimum Gasteiger partial charge on any atom is -0.497 e. The second-order valence-corrected chi connectivity index (χ2v) is 4.56. The second-order valence-electron chi connectivity index (χ2n) is 4.56. The highest BCUT2D eigenvalue weighted by Gasteiger charge is 2.17. The van der Waals surface area contributed by atoms with Crippen LogP contribution in [0, 0.1) is 0 Å². The maximum Gasteiger partial charge on any atom is 0.119 e. The van der Waals surface area contributed by atoms with Crippen molar-refractivity contribution in [3.8, 4) is 5.75 Å². The highest BCUT2D eigenvalue weighted by Crippen LogP contribution is 2.29. The van der Waals surface area contributed by atoms with Crippen LogP contribution in [0.5, 0.6) is 5.75 Å². The summed E-state index contributed by atoms with van der Waals surface area (Å²) in [6, 6.07) is 6.49. The van der Waals surface area contributed by atoms with E-state index in [-0.39, 0.29) is 0 Å². The fourth-order valence-corrected chi connectivity index (χ4v) is 2.51. The van der Waals surface area contributed by atoms with Crippen LogP contribution in [0.15, 0.2) is 24.4 Å². The quantitative estimate of drug-likeness (QED) is 0.854. The molecular formula is C14H18N2O2. The van der Waals surface area contributed by atoms with Gasteiger partial charge < -0.3 is 19.8 Å². The van der Waals surface area contributed by atoms with Crippen molar-refractivity contribution in [2.75, 3.05) is 26.9 Å². The Morgan fingerprint density at radius 3 is 3.17 bits per heavy atom. The molecule has 1 aromatic carbocycles. The van der Waals surface area contributed by atoms with Gasteiger partial charge in [-0.3, -0.25) is 0 Å². The van der Waals surface area contributed by atoms with Crippen molar-refractivity contribution in [1.82, 2.24) is 10.3 Å². The average molecular weight is 246 g/mol. The molecule has 0 amide bonds. The lowest BCUT2D eigenvalue weighted by Crippen LogP contribution is -2.21. The molecule has 1 atom stereocenters. The molecule has 18 heavy (non-hydrogen) atoms. The first kappa shape index (κ1) is 11.6. The summed E-state index contributed by atoms with van der Waals surface area (Å²) in [6.45, 7) is 2.51. The summed E-state index contributed by atoms with van der Waals surface area (Å²) in [4.78, 5) is 3.32. The van der Waals surface area contributed by atoms with E-state index in [1.165, 1.54) is 10.9 Å². The number of aromatic amines is 1. The molecule has 1 saturated heterocycles. The number of benzene rings is 1. The SMILES string of the molecule is COc1ccc2[nH]cc(C3CCOCCN3)c2c1. The topological polar surface area (TPSA) is 46.3 Å². The lowest BCUT2D eigenvalue weighted by Gasteiger charge is -2.14. The molecule has 0 bridgehead atoms. The summed E-state index contributed by atoms with van der Waals surface area (Å²) in [7, 11) is 1.70. The standard InChI is InChI=1S/C14H18N2O2/c1-17-10-2-3-13-11(8-10)12(9-16-13)14-4-6-18-7-5-15-14/h2-3,8-9,14-16H,4-7H2,1H3.